The molecular weight excluding hydrogens is 350 g/mol. The predicted molar refractivity (Wildman–Crippen MR) is 94.4 cm³/mol. The molecular formula is C15H16ClN5O4. The molecule has 2 aromatic carbocycles. The number of guanidine groups is 1. The maximum atomic E-state index is 8.36. The summed E-state index contributed by atoms with van der Waals surface area (Å²) in [6.07, 6.45) is 1.55. The van der Waals surface area contributed by atoms with Crippen LogP contribution in [0.5, 0.6) is 5.75 Å². The minimum atomic E-state index is -1.50. The van der Waals surface area contributed by atoms with E-state index < -0.39 is 5.09 Å². The van der Waals surface area contributed by atoms with E-state index in [1.54, 1.807) is 6.21 Å². The highest BCUT2D eigenvalue weighted by Crippen LogP contribution is 2.18. The molecule has 0 heterocycles. The van der Waals surface area contributed by atoms with Crippen LogP contribution in [0.2, 0.25) is 5.02 Å². The molecule has 0 unspecified atom stereocenters. The molecule has 0 aliphatic rings. The van der Waals surface area contributed by atoms with E-state index in [0.29, 0.717) is 11.6 Å². The van der Waals surface area contributed by atoms with Crippen LogP contribution in [-0.4, -0.2) is 22.5 Å². The van der Waals surface area contributed by atoms with Gasteiger partial charge in [-0.2, -0.15) is 5.10 Å². The Bertz CT molecular complexity index is 742. The first kappa shape index (κ1) is 19.7. The van der Waals surface area contributed by atoms with Crippen molar-refractivity contribution in [1.29, 1.82) is 0 Å². The molecule has 5 N–H and O–H groups in total. The van der Waals surface area contributed by atoms with Crippen LogP contribution in [0.1, 0.15) is 11.1 Å². The zero-order chi connectivity index (χ0) is 18.7. The summed E-state index contributed by atoms with van der Waals surface area (Å²) in [5.74, 6) is 0.667. The van der Waals surface area contributed by atoms with Gasteiger partial charge in [0.1, 0.15) is 12.4 Å². The van der Waals surface area contributed by atoms with Crippen LogP contribution in [0.15, 0.2) is 58.7 Å². The summed E-state index contributed by atoms with van der Waals surface area (Å²) in [5, 5.41) is 21.6. The molecule has 25 heavy (non-hydrogen) atoms. The van der Waals surface area contributed by atoms with Gasteiger partial charge in [0.25, 0.3) is 5.09 Å². The van der Waals surface area contributed by atoms with Gasteiger partial charge >= 0.3 is 0 Å². The molecule has 0 amide bonds. The van der Waals surface area contributed by atoms with E-state index in [4.69, 9.17) is 43.1 Å². The number of benzene rings is 2. The van der Waals surface area contributed by atoms with Crippen molar-refractivity contribution in [3.05, 3.63) is 74.8 Å². The average Bonchev–Trinajstić information content (AvgIpc) is 2.54. The topological polar surface area (TPSA) is 149 Å². The molecule has 0 radical (unpaired) electrons. The van der Waals surface area contributed by atoms with Gasteiger partial charge in [-0.3, -0.25) is 0 Å². The number of nitrogens with zero attached hydrogens (tertiary/aromatic N) is 3. The van der Waals surface area contributed by atoms with Gasteiger partial charge in [0.05, 0.1) is 6.21 Å². The van der Waals surface area contributed by atoms with Crippen LogP contribution in [0, 0.1) is 10.1 Å². The quantitative estimate of drug-likeness (QED) is 0.320. The molecule has 0 atom stereocenters. The van der Waals surface area contributed by atoms with E-state index >= 15 is 0 Å². The summed E-state index contributed by atoms with van der Waals surface area (Å²) in [4.78, 5) is 8.36. The van der Waals surface area contributed by atoms with Crippen molar-refractivity contribution in [3.8, 4) is 5.75 Å². The highest BCUT2D eigenvalue weighted by molar-refractivity contribution is 6.31. The number of hydrogen-bond acceptors (Lipinski definition) is 5. The Kier molecular flexibility index (Phi) is 8.24. The number of nitrogens with two attached hydrogens (primary N) is 2. The monoisotopic (exact) mass is 365 g/mol. The molecule has 132 valence electrons. The number of rotatable bonds is 5. The minimum absolute atomic E-state index is 0.0778. The third-order valence-corrected chi connectivity index (χ3v) is 2.98. The van der Waals surface area contributed by atoms with E-state index in [-0.39, 0.29) is 5.96 Å². The molecule has 0 saturated heterocycles. The number of ether oxygens (including phenoxy) is 1. The summed E-state index contributed by atoms with van der Waals surface area (Å²) in [6.45, 7) is 0.418. The van der Waals surface area contributed by atoms with Crippen LogP contribution in [-0.2, 0) is 6.61 Å². The average molecular weight is 366 g/mol. The second-order valence-electron chi connectivity index (χ2n) is 4.46. The molecule has 2 aromatic rings. The molecule has 0 bridgehead atoms. The van der Waals surface area contributed by atoms with Crippen LogP contribution in [0.25, 0.3) is 0 Å². The van der Waals surface area contributed by atoms with Gasteiger partial charge in [0, 0.05) is 10.6 Å². The summed E-state index contributed by atoms with van der Waals surface area (Å²) in [6, 6.07) is 15.0. The molecule has 9 nitrogen and oxygen atoms in total. The maximum absolute atomic E-state index is 8.36. The van der Waals surface area contributed by atoms with Gasteiger partial charge in [0.2, 0.25) is 5.96 Å². The minimum Gasteiger partial charge on any atom is -0.489 e. The van der Waals surface area contributed by atoms with E-state index in [0.717, 1.165) is 16.9 Å². The van der Waals surface area contributed by atoms with Crippen LogP contribution < -0.4 is 16.2 Å². The lowest BCUT2D eigenvalue weighted by Gasteiger charge is -2.07. The Labute approximate surface area is 148 Å². The third kappa shape index (κ3) is 8.77. The molecule has 0 spiro atoms. The zero-order valence-corrected chi connectivity index (χ0v) is 13.7. The lowest BCUT2D eigenvalue weighted by Crippen LogP contribution is -2.21. The summed E-state index contributed by atoms with van der Waals surface area (Å²) in [7, 11) is 0. The Balaban J connectivity index is 0.000000705. The summed E-state index contributed by atoms with van der Waals surface area (Å²) < 4.78 is 5.67. The lowest BCUT2D eigenvalue weighted by molar-refractivity contribution is -0.742. The number of hydrogen-bond donors (Lipinski definition) is 3. The van der Waals surface area contributed by atoms with E-state index in [9.17, 15) is 0 Å². The van der Waals surface area contributed by atoms with Crippen LogP contribution in [0.3, 0.4) is 0 Å². The lowest BCUT2D eigenvalue weighted by atomic mass is 10.2. The smallest absolute Gasteiger partial charge is 0.291 e. The highest BCUT2D eigenvalue weighted by Gasteiger charge is 2.00. The molecule has 0 aromatic heterocycles. The molecule has 0 saturated carbocycles. The largest absolute Gasteiger partial charge is 0.489 e. The maximum Gasteiger partial charge on any atom is 0.291 e. The van der Waals surface area contributed by atoms with Gasteiger partial charge in [0.15, 0.2) is 0 Å². The van der Waals surface area contributed by atoms with Gasteiger partial charge in [-0.1, -0.05) is 29.8 Å². The predicted octanol–water partition coefficient (Wildman–Crippen LogP) is 2.18. The molecule has 0 fully saturated rings. The van der Waals surface area contributed by atoms with Crippen molar-refractivity contribution in [1.82, 2.24) is 0 Å². The van der Waals surface area contributed by atoms with E-state index in [2.05, 4.69) is 10.2 Å². The summed E-state index contributed by atoms with van der Waals surface area (Å²) >= 11 is 6.07. The standard InChI is InChI=1S/C15H15ClN4O.HNO3/c16-14-4-2-1-3-12(14)10-21-13-7-5-11(6-8-13)9-19-20-15(17)18;2-1(3)4/h1-9H,10H2,(H4,17,18,20);(H,2,3,4)/b19-9+;. The van der Waals surface area contributed by atoms with Gasteiger partial charge in [-0.25, -0.2) is 0 Å². The highest BCUT2D eigenvalue weighted by atomic mass is 35.5. The first-order valence-electron chi connectivity index (χ1n) is 6.80. The third-order valence-electron chi connectivity index (χ3n) is 2.61. The fourth-order valence-corrected chi connectivity index (χ4v) is 1.78. The van der Waals surface area contributed by atoms with Crippen molar-refractivity contribution < 1.29 is 15.0 Å². The van der Waals surface area contributed by atoms with E-state index in [1.807, 2.05) is 48.5 Å². The Morgan fingerprint density at radius 2 is 1.84 bits per heavy atom. The fraction of sp³-hybridized carbons (Fsp3) is 0.0667. The fourth-order valence-electron chi connectivity index (χ4n) is 1.59. The zero-order valence-electron chi connectivity index (χ0n) is 12.9. The Morgan fingerprint density at radius 3 is 2.40 bits per heavy atom. The molecule has 0 aliphatic heterocycles. The van der Waals surface area contributed by atoms with Gasteiger partial charge in [-0.05, 0) is 35.9 Å². The van der Waals surface area contributed by atoms with Gasteiger partial charge in [-0.15, -0.1) is 15.2 Å². The number of halogens is 1. The Morgan fingerprint density at radius 1 is 1.24 bits per heavy atom. The van der Waals surface area contributed by atoms with E-state index in [1.165, 1.54) is 0 Å². The SMILES string of the molecule is NC(N)=N/N=C/c1ccc(OCc2ccccc2Cl)cc1.O=[N+]([O-])O. The first-order chi connectivity index (χ1) is 11.9. The first-order valence-corrected chi connectivity index (χ1v) is 7.17. The van der Waals surface area contributed by atoms with Crippen molar-refractivity contribution in [3.63, 3.8) is 0 Å². The molecule has 0 aliphatic carbocycles. The van der Waals surface area contributed by atoms with Crippen LogP contribution >= 0.6 is 11.6 Å². The molecule has 2 rings (SSSR count). The second-order valence-corrected chi connectivity index (χ2v) is 4.86. The van der Waals surface area contributed by atoms with Crippen LogP contribution in [0.4, 0.5) is 0 Å². The van der Waals surface area contributed by atoms with Crippen molar-refractivity contribution in [2.45, 2.75) is 6.61 Å². The molecule has 10 heteroatoms. The second kappa shape index (κ2) is 10.4. The summed E-state index contributed by atoms with van der Waals surface area (Å²) in [5.41, 5.74) is 12.1. The van der Waals surface area contributed by atoms with Crippen molar-refractivity contribution in [2.75, 3.05) is 0 Å². The van der Waals surface area contributed by atoms with Gasteiger partial charge < -0.3 is 21.4 Å². The van der Waals surface area contributed by atoms with Crippen molar-refractivity contribution >= 4 is 23.8 Å². The van der Waals surface area contributed by atoms with Crippen molar-refractivity contribution in [2.24, 2.45) is 21.7 Å². The normalized spacial score (nSPS) is 9.80. The Hall–Kier alpha value is -3.33.